The average molecular weight is 341 g/mol. The van der Waals surface area contributed by atoms with Crippen molar-refractivity contribution in [3.05, 3.63) is 20.5 Å². The van der Waals surface area contributed by atoms with Gasteiger partial charge >= 0.3 is 0 Å². The van der Waals surface area contributed by atoms with Gasteiger partial charge in [0.15, 0.2) is 4.34 Å². The third-order valence-electron chi connectivity index (χ3n) is 3.32. The zero-order valence-electron chi connectivity index (χ0n) is 10.5. The molecule has 1 fully saturated rings. The molecule has 1 N–H and O–H groups in total. The largest absolute Gasteiger partial charge is 0.391 e. The maximum atomic E-state index is 12.4. The van der Waals surface area contributed by atoms with Crippen molar-refractivity contribution in [2.45, 2.75) is 23.7 Å². The minimum atomic E-state index is -3.85. The van der Waals surface area contributed by atoms with Gasteiger partial charge in [-0.2, -0.15) is 4.31 Å². The molecule has 0 aliphatic carbocycles. The molecule has 1 aromatic heterocycles. The standard InChI is InChI=1S/C10H13ClN2O5S2/c1-6-2-3-12(5-8(6)14)20(17,18)9-4-7(13(15)16)10(11)19-9/h4,6,8,14H,2-3,5H2,1H3. The van der Waals surface area contributed by atoms with E-state index in [4.69, 9.17) is 11.6 Å². The second-order valence-corrected chi connectivity index (χ2v) is 8.50. The molecule has 1 aromatic rings. The fourth-order valence-corrected chi connectivity index (χ4v) is 5.25. The Bertz CT molecular complexity index is 630. The summed E-state index contributed by atoms with van der Waals surface area (Å²) in [4.78, 5) is 10.00. The monoisotopic (exact) mass is 340 g/mol. The summed E-state index contributed by atoms with van der Waals surface area (Å²) in [7, 11) is -3.85. The molecule has 1 aliphatic heterocycles. The molecule has 1 aliphatic rings. The Morgan fingerprint density at radius 2 is 2.25 bits per heavy atom. The summed E-state index contributed by atoms with van der Waals surface area (Å²) in [5, 5.41) is 20.5. The summed E-state index contributed by atoms with van der Waals surface area (Å²) in [6.45, 7) is 2.12. The highest BCUT2D eigenvalue weighted by atomic mass is 35.5. The van der Waals surface area contributed by atoms with Crippen LogP contribution in [0.25, 0.3) is 0 Å². The van der Waals surface area contributed by atoms with Crippen molar-refractivity contribution in [3.8, 4) is 0 Å². The number of aliphatic hydroxyl groups excluding tert-OH is 1. The van der Waals surface area contributed by atoms with Crippen molar-refractivity contribution in [1.82, 2.24) is 4.31 Å². The van der Waals surface area contributed by atoms with E-state index >= 15 is 0 Å². The number of rotatable bonds is 3. The van der Waals surface area contributed by atoms with Crippen LogP contribution in [0.3, 0.4) is 0 Å². The zero-order chi connectivity index (χ0) is 15.1. The lowest BCUT2D eigenvalue weighted by atomic mass is 9.98. The molecule has 0 radical (unpaired) electrons. The molecule has 2 heterocycles. The predicted octanol–water partition coefficient (Wildman–Crippen LogP) is 1.70. The fraction of sp³-hybridized carbons (Fsp3) is 0.600. The minimum Gasteiger partial charge on any atom is -0.391 e. The van der Waals surface area contributed by atoms with E-state index in [-0.39, 0.29) is 27.6 Å². The first-order valence-corrected chi connectivity index (χ1v) is 8.49. The predicted molar refractivity (Wildman–Crippen MR) is 74.5 cm³/mol. The highest BCUT2D eigenvalue weighted by Gasteiger charge is 2.35. The number of β-amino-alcohol motifs (C(OH)–C–C–N with tert-alkyl or cyclic N) is 1. The quantitative estimate of drug-likeness (QED) is 0.666. The number of hydrogen-bond donors (Lipinski definition) is 1. The van der Waals surface area contributed by atoms with Gasteiger partial charge < -0.3 is 5.11 Å². The van der Waals surface area contributed by atoms with E-state index in [2.05, 4.69) is 0 Å². The third-order valence-corrected chi connectivity index (χ3v) is 6.97. The number of nitro groups is 1. The molecule has 10 heteroatoms. The van der Waals surface area contributed by atoms with Gasteiger partial charge in [-0.1, -0.05) is 18.5 Å². The highest BCUT2D eigenvalue weighted by Crippen LogP contribution is 2.38. The molecular weight excluding hydrogens is 328 g/mol. The molecule has 0 aromatic carbocycles. The molecule has 2 unspecified atom stereocenters. The smallest absolute Gasteiger partial charge is 0.300 e. The first-order valence-electron chi connectivity index (χ1n) is 5.85. The lowest BCUT2D eigenvalue weighted by Gasteiger charge is -2.32. The highest BCUT2D eigenvalue weighted by molar-refractivity contribution is 7.91. The van der Waals surface area contributed by atoms with Crippen molar-refractivity contribution >= 4 is 38.6 Å². The van der Waals surface area contributed by atoms with Crippen molar-refractivity contribution in [2.75, 3.05) is 13.1 Å². The van der Waals surface area contributed by atoms with E-state index < -0.39 is 26.7 Å². The maximum absolute atomic E-state index is 12.4. The molecule has 2 atom stereocenters. The lowest BCUT2D eigenvalue weighted by Crippen LogP contribution is -2.45. The number of nitrogens with zero attached hydrogens (tertiary/aromatic N) is 2. The SMILES string of the molecule is CC1CCN(S(=O)(=O)c2cc([N+](=O)[O-])c(Cl)s2)CC1O. The summed E-state index contributed by atoms with van der Waals surface area (Å²) in [5.74, 6) is 0.0303. The average Bonchev–Trinajstić information content (AvgIpc) is 2.75. The van der Waals surface area contributed by atoms with Crippen LogP contribution in [0.5, 0.6) is 0 Å². The molecule has 0 bridgehead atoms. The van der Waals surface area contributed by atoms with Gasteiger partial charge in [-0.3, -0.25) is 10.1 Å². The van der Waals surface area contributed by atoms with E-state index in [0.29, 0.717) is 17.8 Å². The van der Waals surface area contributed by atoms with Crippen LogP contribution in [0.15, 0.2) is 10.3 Å². The van der Waals surface area contributed by atoms with Gasteiger partial charge in [0.05, 0.1) is 11.0 Å². The second-order valence-electron chi connectivity index (χ2n) is 4.68. The molecule has 112 valence electrons. The van der Waals surface area contributed by atoms with Crippen molar-refractivity contribution in [2.24, 2.45) is 5.92 Å². The Balaban J connectivity index is 2.31. The van der Waals surface area contributed by atoms with Gasteiger partial charge in [-0.05, 0) is 12.3 Å². The van der Waals surface area contributed by atoms with Gasteiger partial charge in [-0.15, -0.1) is 11.3 Å². The van der Waals surface area contributed by atoms with Gasteiger partial charge in [0, 0.05) is 19.2 Å². The van der Waals surface area contributed by atoms with Gasteiger partial charge in [-0.25, -0.2) is 8.42 Å². The first kappa shape index (κ1) is 15.6. The van der Waals surface area contributed by atoms with Gasteiger partial charge in [0.1, 0.15) is 4.21 Å². The van der Waals surface area contributed by atoms with Crippen LogP contribution in [0.4, 0.5) is 5.69 Å². The molecule has 7 nitrogen and oxygen atoms in total. The summed E-state index contributed by atoms with van der Waals surface area (Å²) in [6, 6.07) is 0.965. The zero-order valence-corrected chi connectivity index (χ0v) is 12.9. The number of piperidine rings is 1. The summed E-state index contributed by atoms with van der Waals surface area (Å²) in [6.07, 6.45) is -0.189. The number of aliphatic hydroxyl groups is 1. The number of halogens is 1. The van der Waals surface area contributed by atoms with Crippen LogP contribution in [0.2, 0.25) is 4.34 Å². The van der Waals surface area contributed by atoms with Gasteiger partial charge in [0.2, 0.25) is 0 Å². The summed E-state index contributed by atoms with van der Waals surface area (Å²) < 4.78 is 25.5. The normalized spacial score (nSPS) is 24.8. The number of thiophene rings is 1. The number of hydrogen-bond acceptors (Lipinski definition) is 6. The van der Waals surface area contributed by atoms with E-state index in [0.717, 1.165) is 10.4 Å². The van der Waals surface area contributed by atoms with E-state index in [9.17, 15) is 23.6 Å². The number of sulfonamides is 1. The van der Waals surface area contributed by atoms with Crippen LogP contribution in [-0.2, 0) is 10.0 Å². The van der Waals surface area contributed by atoms with Gasteiger partial charge in [0.25, 0.3) is 15.7 Å². The Morgan fingerprint density at radius 3 is 2.75 bits per heavy atom. The Hall–Kier alpha value is -0.740. The van der Waals surface area contributed by atoms with Crippen LogP contribution in [0.1, 0.15) is 13.3 Å². The van der Waals surface area contributed by atoms with E-state index in [1.807, 2.05) is 6.92 Å². The molecular formula is C10H13ClN2O5S2. The summed E-state index contributed by atoms with van der Waals surface area (Å²) >= 11 is 6.34. The summed E-state index contributed by atoms with van der Waals surface area (Å²) in [5.41, 5.74) is -0.416. The van der Waals surface area contributed by atoms with Crippen LogP contribution >= 0.6 is 22.9 Å². The van der Waals surface area contributed by atoms with E-state index in [1.165, 1.54) is 0 Å². The molecule has 20 heavy (non-hydrogen) atoms. The minimum absolute atomic E-state index is 0.00713. The van der Waals surface area contributed by atoms with Crippen LogP contribution < -0.4 is 0 Å². The van der Waals surface area contributed by atoms with Crippen molar-refractivity contribution in [1.29, 1.82) is 0 Å². The Labute approximate surface area is 125 Å². The first-order chi connectivity index (χ1) is 9.23. The molecule has 0 saturated carbocycles. The second kappa shape index (κ2) is 5.57. The molecule has 1 saturated heterocycles. The van der Waals surface area contributed by atoms with E-state index in [1.54, 1.807) is 0 Å². The maximum Gasteiger partial charge on any atom is 0.300 e. The third kappa shape index (κ3) is 2.82. The van der Waals surface area contributed by atoms with Crippen LogP contribution in [-0.4, -0.2) is 41.9 Å². The Kier molecular flexibility index (Phi) is 4.35. The van der Waals surface area contributed by atoms with Crippen molar-refractivity contribution in [3.63, 3.8) is 0 Å². The van der Waals surface area contributed by atoms with Crippen molar-refractivity contribution < 1.29 is 18.4 Å². The molecule has 0 amide bonds. The van der Waals surface area contributed by atoms with Crippen LogP contribution in [0, 0.1) is 16.0 Å². The lowest BCUT2D eigenvalue weighted by molar-refractivity contribution is -0.384. The fourth-order valence-electron chi connectivity index (χ4n) is 1.96. The Morgan fingerprint density at radius 1 is 1.60 bits per heavy atom. The molecule has 2 rings (SSSR count). The topological polar surface area (TPSA) is 101 Å². The molecule has 0 spiro atoms.